The van der Waals surface area contributed by atoms with E-state index in [1.807, 2.05) is 0 Å². The zero-order valence-electron chi connectivity index (χ0n) is 17.6. The molecule has 3 aliphatic rings. The summed E-state index contributed by atoms with van der Waals surface area (Å²) in [6, 6.07) is 7.05. The summed E-state index contributed by atoms with van der Waals surface area (Å²) in [5.41, 5.74) is 0.499. The SMILES string of the molecule is O=C(NCC1CCN(C2CCCC2)CC1)c1ccc(S(=O)(=O)N2CCOCC2)cc1. The normalized spacial score (nSPS) is 22.9. The number of hydrogen-bond donors (Lipinski definition) is 1. The predicted molar refractivity (Wildman–Crippen MR) is 115 cm³/mol. The molecule has 1 aromatic carbocycles. The summed E-state index contributed by atoms with van der Waals surface area (Å²) < 4.78 is 32.0. The number of benzene rings is 1. The third kappa shape index (κ3) is 5.04. The van der Waals surface area contributed by atoms with E-state index < -0.39 is 10.0 Å². The van der Waals surface area contributed by atoms with E-state index in [0.717, 1.165) is 32.0 Å². The highest BCUT2D eigenvalue weighted by molar-refractivity contribution is 7.89. The average Bonchev–Trinajstić information content (AvgIpc) is 3.33. The van der Waals surface area contributed by atoms with Crippen molar-refractivity contribution in [1.82, 2.24) is 14.5 Å². The van der Waals surface area contributed by atoms with Crippen LogP contribution in [0.25, 0.3) is 0 Å². The van der Waals surface area contributed by atoms with E-state index in [1.54, 1.807) is 12.1 Å². The van der Waals surface area contributed by atoms with Gasteiger partial charge in [-0.1, -0.05) is 12.8 Å². The second-order valence-corrected chi connectivity index (χ2v) is 10.6. The molecule has 2 heterocycles. The molecule has 0 spiro atoms. The lowest BCUT2D eigenvalue weighted by Gasteiger charge is -2.36. The Morgan fingerprint density at radius 2 is 1.60 bits per heavy atom. The third-order valence-electron chi connectivity index (χ3n) is 6.77. The molecule has 8 heteroatoms. The van der Waals surface area contributed by atoms with Crippen molar-refractivity contribution in [2.45, 2.75) is 49.5 Å². The monoisotopic (exact) mass is 435 g/mol. The molecule has 30 heavy (non-hydrogen) atoms. The molecule has 1 N–H and O–H groups in total. The molecule has 3 fully saturated rings. The molecule has 2 aliphatic heterocycles. The molecule has 7 nitrogen and oxygen atoms in total. The lowest BCUT2D eigenvalue weighted by molar-refractivity contribution is 0.0730. The van der Waals surface area contributed by atoms with Crippen LogP contribution in [0, 0.1) is 5.92 Å². The standard InChI is InChI=1S/C22H33N3O4S/c26-22(23-17-18-9-11-24(12-10-18)20-3-1-2-4-20)19-5-7-21(8-6-19)30(27,28)25-13-15-29-16-14-25/h5-8,18,20H,1-4,9-17H2,(H,23,26). The number of ether oxygens (including phenoxy) is 1. The summed E-state index contributed by atoms with van der Waals surface area (Å²) in [5.74, 6) is 0.385. The number of hydrogen-bond acceptors (Lipinski definition) is 5. The maximum absolute atomic E-state index is 12.7. The molecule has 4 rings (SSSR count). The Morgan fingerprint density at radius 3 is 2.23 bits per heavy atom. The van der Waals surface area contributed by atoms with Gasteiger partial charge in [0.15, 0.2) is 0 Å². The van der Waals surface area contributed by atoms with Gasteiger partial charge in [-0.3, -0.25) is 4.79 Å². The summed E-state index contributed by atoms with van der Waals surface area (Å²) in [5, 5.41) is 3.04. The van der Waals surface area contributed by atoms with Crippen molar-refractivity contribution >= 4 is 15.9 Å². The lowest BCUT2D eigenvalue weighted by atomic mass is 9.95. The van der Waals surface area contributed by atoms with Crippen molar-refractivity contribution in [3.05, 3.63) is 29.8 Å². The number of morpholine rings is 1. The molecule has 0 unspecified atom stereocenters. The van der Waals surface area contributed by atoms with Crippen LogP contribution in [0.4, 0.5) is 0 Å². The van der Waals surface area contributed by atoms with E-state index in [0.29, 0.717) is 44.3 Å². The van der Waals surface area contributed by atoms with Crippen LogP contribution in [0.1, 0.15) is 48.9 Å². The number of rotatable bonds is 6. The summed E-state index contributed by atoms with van der Waals surface area (Å²) in [7, 11) is -3.53. The molecule has 0 radical (unpaired) electrons. The first-order valence-electron chi connectivity index (χ1n) is 11.2. The second-order valence-electron chi connectivity index (χ2n) is 8.67. The molecule has 0 aromatic heterocycles. The summed E-state index contributed by atoms with van der Waals surface area (Å²) >= 11 is 0. The molecule has 0 bridgehead atoms. The Morgan fingerprint density at radius 1 is 0.967 bits per heavy atom. The lowest BCUT2D eigenvalue weighted by Crippen LogP contribution is -2.42. The van der Waals surface area contributed by atoms with Crippen LogP contribution in [0.5, 0.6) is 0 Å². The number of likely N-dealkylation sites (tertiary alicyclic amines) is 1. The third-order valence-corrected chi connectivity index (χ3v) is 8.68. The number of sulfonamides is 1. The summed E-state index contributed by atoms with van der Waals surface area (Å²) in [4.78, 5) is 15.4. The first kappa shape index (κ1) is 21.7. The van der Waals surface area contributed by atoms with E-state index in [4.69, 9.17) is 4.74 Å². The smallest absolute Gasteiger partial charge is 0.251 e. The Balaban J connectivity index is 1.26. The number of carbonyl (C=O) groups is 1. The minimum atomic E-state index is -3.53. The maximum Gasteiger partial charge on any atom is 0.251 e. The molecule has 2 saturated heterocycles. The first-order chi connectivity index (χ1) is 14.5. The van der Waals surface area contributed by atoms with Gasteiger partial charge in [-0.15, -0.1) is 0 Å². The molecule has 1 aliphatic carbocycles. The van der Waals surface area contributed by atoms with Gasteiger partial charge in [0.2, 0.25) is 10.0 Å². The second kappa shape index (κ2) is 9.77. The van der Waals surface area contributed by atoms with Crippen molar-refractivity contribution in [1.29, 1.82) is 0 Å². The minimum Gasteiger partial charge on any atom is -0.379 e. The molecule has 1 aromatic rings. The van der Waals surface area contributed by atoms with E-state index in [1.165, 1.54) is 42.1 Å². The Bertz CT molecular complexity index is 807. The van der Waals surface area contributed by atoms with Gasteiger partial charge in [0.05, 0.1) is 18.1 Å². The van der Waals surface area contributed by atoms with Crippen molar-refractivity contribution in [3.8, 4) is 0 Å². The first-order valence-corrected chi connectivity index (χ1v) is 12.7. The zero-order valence-corrected chi connectivity index (χ0v) is 18.4. The fraction of sp³-hybridized carbons (Fsp3) is 0.682. The molecule has 0 atom stereocenters. The summed E-state index contributed by atoms with van der Waals surface area (Å²) in [6.45, 7) is 4.52. The van der Waals surface area contributed by atoms with Crippen LogP contribution >= 0.6 is 0 Å². The Labute approximate surface area is 179 Å². The zero-order chi connectivity index (χ0) is 21.0. The van der Waals surface area contributed by atoms with Crippen LogP contribution in [-0.4, -0.2) is 75.5 Å². The number of carbonyl (C=O) groups excluding carboxylic acids is 1. The number of nitrogens with one attached hydrogen (secondary N) is 1. The van der Waals surface area contributed by atoms with E-state index in [-0.39, 0.29) is 10.8 Å². The van der Waals surface area contributed by atoms with E-state index in [9.17, 15) is 13.2 Å². The molecule has 1 saturated carbocycles. The topological polar surface area (TPSA) is 79.0 Å². The van der Waals surface area contributed by atoms with Gasteiger partial charge >= 0.3 is 0 Å². The molecular weight excluding hydrogens is 402 g/mol. The van der Waals surface area contributed by atoms with E-state index >= 15 is 0 Å². The highest BCUT2D eigenvalue weighted by Crippen LogP contribution is 2.27. The van der Waals surface area contributed by atoms with Gasteiger partial charge in [-0.25, -0.2) is 8.42 Å². The number of nitrogens with zero attached hydrogens (tertiary/aromatic N) is 2. The maximum atomic E-state index is 12.7. The van der Waals surface area contributed by atoms with Crippen LogP contribution < -0.4 is 5.32 Å². The summed E-state index contributed by atoms with van der Waals surface area (Å²) in [6.07, 6.45) is 7.69. The van der Waals surface area contributed by atoms with Gasteiger partial charge in [0, 0.05) is 31.2 Å². The van der Waals surface area contributed by atoms with E-state index in [2.05, 4.69) is 10.2 Å². The van der Waals surface area contributed by atoms with Crippen molar-refractivity contribution in [3.63, 3.8) is 0 Å². The van der Waals surface area contributed by atoms with Crippen molar-refractivity contribution in [2.75, 3.05) is 45.9 Å². The highest BCUT2D eigenvalue weighted by atomic mass is 32.2. The quantitative estimate of drug-likeness (QED) is 0.740. The Hall–Kier alpha value is -1.48. The van der Waals surface area contributed by atoms with Crippen LogP contribution in [-0.2, 0) is 14.8 Å². The van der Waals surface area contributed by atoms with Gasteiger partial charge < -0.3 is 15.0 Å². The molecule has 1 amide bonds. The Kier molecular flexibility index (Phi) is 7.08. The fourth-order valence-corrected chi connectivity index (χ4v) is 6.25. The number of piperidine rings is 1. The van der Waals surface area contributed by atoms with Gasteiger partial charge in [-0.2, -0.15) is 4.31 Å². The van der Waals surface area contributed by atoms with Crippen LogP contribution in [0.3, 0.4) is 0 Å². The predicted octanol–water partition coefficient (Wildman–Crippen LogP) is 2.09. The highest BCUT2D eigenvalue weighted by Gasteiger charge is 2.28. The van der Waals surface area contributed by atoms with Gasteiger partial charge in [-0.05, 0) is 69.0 Å². The fourth-order valence-electron chi connectivity index (χ4n) is 4.85. The number of amides is 1. The minimum absolute atomic E-state index is 0.136. The van der Waals surface area contributed by atoms with Gasteiger partial charge in [0.25, 0.3) is 5.91 Å². The molecule has 166 valence electrons. The van der Waals surface area contributed by atoms with Gasteiger partial charge in [0.1, 0.15) is 0 Å². The van der Waals surface area contributed by atoms with Crippen LogP contribution in [0.15, 0.2) is 29.2 Å². The average molecular weight is 436 g/mol. The molecular formula is C22H33N3O4S. The van der Waals surface area contributed by atoms with Crippen molar-refractivity contribution < 1.29 is 17.9 Å². The largest absolute Gasteiger partial charge is 0.379 e. The van der Waals surface area contributed by atoms with Crippen molar-refractivity contribution in [2.24, 2.45) is 5.92 Å². The van der Waals surface area contributed by atoms with Crippen LogP contribution in [0.2, 0.25) is 0 Å².